The molecule has 0 saturated carbocycles. The number of hydrogen-bond donors (Lipinski definition) is 1. The number of carbonyl (C=O) groups excluding carboxylic acids is 2. The number of hydrogen-bond acceptors (Lipinski definition) is 6. The van der Waals surface area contributed by atoms with E-state index in [0.29, 0.717) is 27.9 Å². The fraction of sp³-hybridized carbons (Fsp3) is 0.125. The average Bonchev–Trinajstić information content (AvgIpc) is 2.82. The number of nitrogens with one attached hydrogen (secondary N) is 1. The van der Waals surface area contributed by atoms with Crippen LogP contribution in [0.2, 0.25) is 0 Å². The van der Waals surface area contributed by atoms with E-state index in [2.05, 4.69) is 5.32 Å². The zero-order chi connectivity index (χ0) is 23.6. The number of alkyl halides is 2. The highest BCUT2D eigenvalue weighted by Crippen LogP contribution is 2.26. The van der Waals surface area contributed by atoms with Crippen LogP contribution < -0.4 is 10.1 Å². The van der Waals surface area contributed by atoms with E-state index < -0.39 is 17.6 Å². The fourth-order valence-corrected chi connectivity index (χ4v) is 3.22. The second-order valence-electron chi connectivity index (χ2n) is 6.62. The van der Waals surface area contributed by atoms with Crippen molar-refractivity contribution < 1.29 is 27.8 Å². The van der Waals surface area contributed by atoms with Gasteiger partial charge in [0.25, 0.3) is 11.7 Å². The van der Waals surface area contributed by atoms with Gasteiger partial charge in [-0.1, -0.05) is 36.0 Å². The highest BCUT2D eigenvalue weighted by Gasteiger charge is 2.15. The van der Waals surface area contributed by atoms with Crippen LogP contribution in [0, 0.1) is 11.3 Å². The summed E-state index contributed by atoms with van der Waals surface area (Å²) < 4.78 is 35.6. The molecule has 0 bridgehead atoms. The molecule has 33 heavy (non-hydrogen) atoms. The molecule has 0 spiro atoms. The normalized spacial score (nSPS) is 10.4. The van der Waals surface area contributed by atoms with Crippen molar-refractivity contribution in [1.29, 1.82) is 5.26 Å². The number of nitrogens with zero attached hydrogens (tertiary/aromatic N) is 1. The zero-order valence-corrected chi connectivity index (χ0v) is 18.0. The Morgan fingerprint density at radius 2 is 1.70 bits per heavy atom. The van der Waals surface area contributed by atoms with Gasteiger partial charge in [0, 0.05) is 10.6 Å². The number of halogens is 2. The van der Waals surface area contributed by atoms with Gasteiger partial charge in [0.05, 0.1) is 11.6 Å². The van der Waals surface area contributed by atoms with Crippen molar-refractivity contribution in [3.8, 4) is 11.8 Å². The molecule has 0 fully saturated rings. The van der Waals surface area contributed by atoms with Crippen LogP contribution in [-0.2, 0) is 16.1 Å². The third-order valence-corrected chi connectivity index (χ3v) is 5.00. The van der Waals surface area contributed by atoms with E-state index in [-0.39, 0.29) is 24.5 Å². The molecule has 0 heterocycles. The molecule has 6 nitrogen and oxygen atoms in total. The summed E-state index contributed by atoms with van der Waals surface area (Å²) in [7, 11) is 0. The van der Waals surface area contributed by atoms with E-state index in [1.807, 2.05) is 6.07 Å². The molecule has 0 aliphatic heterocycles. The van der Waals surface area contributed by atoms with Gasteiger partial charge in [-0.05, 0) is 54.1 Å². The number of anilines is 1. The number of para-hydroxylation sites is 1. The van der Waals surface area contributed by atoms with Crippen LogP contribution in [0.1, 0.15) is 21.5 Å². The highest BCUT2D eigenvalue weighted by molar-refractivity contribution is 7.99. The van der Waals surface area contributed by atoms with Gasteiger partial charge < -0.3 is 14.8 Å². The number of nitriles is 1. The minimum atomic E-state index is -2.52. The molecule has 0 radical (unpaired) electrons. The summed E-state index contributed by atoms with van der Waals surface area (Å²) in [5.74, 6) is -3.44. The minimum absolute atomic E-state index is 0.0131. The van der Waals surface area contributed by atoms with E-state index in [1.54, 1.807) is 42.5 Å². The van der Waals surface area contributed by atoms with E-state index >= 15 is 0 Å². The largest absolute Gasteiger partial charge is 0.483 e. The number of rotatable bonds is 9. The number of benzene rings is 3. The van der Waals surface area contributed by atoms with Crippen molar-refractivity contribution in [2.75, 3.05) is 11.9 Å². The Hall–Kier alpha value is -3.90. The molecule has 9 heteroatoms. The molecule has 0 atom stereocenters. The molecule has 0 saturated heterocycles. The lowest BCUT2D eigenvalue weighted by Gasteiger charge is -2.12. The maximum absolute atomic E-state index is 12.5. The molecule has 0 aromatic heterocycles. The maximum Gasteiger partial charge on any atom is 0.342 e. The van der Waals surface area contributed by atoms with E-state index in [1.165, 1.54) is 30.3 Å². The second-order valence-corrected chi connectivity index (χ2v) is 7.68. The first kappa shape index (κ1) is 23.8. The van der Waals surface area contributed by atoms with Crippen LogP contribution >= 0.6 is 11.8 Å². The molecule has 168 valence electrons. The van der Waals surface area contributed by atoms with Crippen molar-refractivity contribution in [3.63, 3.8) is 0 Å². The Labute approximate surface area is 193 Å². The zero-order valence-electron chi connectivity index (χ0n) is 17.2. The predicted octanol–water partition coefficient (Wildman–Crippen LogP) is 5.25. The molecule has 0 aliphatic rings. The SMILES string of the molecule is N#Cc1ccc(COC(=O)c2ccccc2OCC(=O)Nc2ccc(SC(F)F)cc2)cc1. The van der Waals surface area contributed by atoms with Crippen LogP contribution in [0.25, 0.3) is 0 Å². The number of thioether (sulfide) groups is 1. The number of carbonyl (C=O) groups is 2. The van der Waals surface area contributed by atoms with Crippen LogP contribution in [-0.4, -0.2) is 24.2 Å². The van der Waals surface area contributed by atoms with Crippen molar-refractivity contribution >= 4 is 29.3 Å². The molecule has 0 aliphatic carbocycles. The summed E-state index contributed by atoms with van der Waals surface area (Å²) in [4.78, 5) is 25.1. The van der Waals surface area contributed by atoms with E-state index in [4.69, 9.17) is 14.7 Å². The minimum Gasteiger partial charge on any atom is -0.483 e. The van der Waals surface area contributed by atoms with Crippen molar-refractivity contribution in [2.24, 2.45) is 0 Å². The van der Waals surface area contributed by atoms with Crippen LogP contribution in [0.5, 0.6) is 5.75 Å². The molecule has 3 rings (SSSR count). The first-order chi connectivity index (χ1) is 15.9. The standard InChI is InChI=1S/C24H18F2N2O4S/c25-24(26)33-19-11-9-18(10-12-19)28-22(29)15-31-21-4-2-1-3-20(21)23(30)32-14-17-7-5-16(13-27)6-8-17/h1-12,24H,14-15H2,(H,28,29). The smallest absolute Gasteiger partial charge is 0.342 e. The molecule has 3 aromatic rings. The average molecular weight is 468 g/mol. The van der Waals surface area contributed by atoms with Gasteiger partial charge >= 0.3 is 5.97 Å². The Bertz CT molecular complexity index is 1150. The van der Waals surface area contributed by atoms with Gasteiger partial charge in [-0.25, -0.2) is 4.79 Å². The van der Waals surface area contributed by atoms with Crippen LogP contribution in [0.3, 0.4) is 0 Å². The molecule has 0 unspecified atom stereocenters. The lowest BCUT2D eigenvalue weighted by Crippen LogP contribution is -2.21. The van der Waals surface area contributed by atoms with Gasteiger partial charge in [0.2, 0.25) is 0 Å². The van der Waals surface area contributed by atoms with Gasteiger partial charge in [-0.15, -0.1) is 0 Å². The lowest BCUT2D eigenvalue weighted by molar-refractivity contribution is -0.118. The monoisotopic (exact) mass is 468 g/mol. The third kappa shape index (κ3) is 7.33. The van der Waals surface area contributed by atoms with Crippen LogP contribution in [0.4, 0.5) is 14.5 Å². The van der Waals surface area contributed by atoms with E-state index in [9.17, 15) is 18.4 Å². The summed E-state index contributed by atoms with van der Waals surface area (Å²) in [6.45, 7) is -0.355. The van der Waals surface area contributed by atoms with Crippen molar-refractivity contribution in [2.45, 2.75) is 17.3 Å². The summed E-state index contributed by atoms with van der Waals surface area (Å²) in [5, 5.41) is 11.4. The lowest BCUT2D eigenvalue weighted by atomic mass is 10.1. The fourth-order valence-electron chi connectivity index (χ4n) is 2.72. The molecule has 1 N–H and O–H groups in total. The van der Waals surface area contributed by atoms with Gasteiger partial charge in [0.15, 0.2) is 6.61 Å². The summed E-state index contributed by atoms with van der Waals surface area (Å²) in [6, 6.07) is 21.0. The Kier molecular flexibility index (Phi) is 8.38. The number of esters is 1. The van der Waals surface area contributed by atoms with Crippen LogP contribution in [0.15, 0.2) is 77.7 Å². The quantitative estimate of drug-likeness (QED) is 0.341. The number of ether oxygens (including phenoxy) is 2. The highest BCUT2D eigenvalue weighted by atomic mass is 32.2. The molecular formula is C24H18F2N2O4S. The van der Waals surface area contributed by atoms with Gasteiger partial charge in [-0.3, -0.25) is 4.79 Å². The Morgan fingerprint density at radius 3 is 2.36 bits per heavy atom. The number of amides is 1. The first-order valence-corrected chi connectivity index (χ1v) is 10.6. The van der Waals surface area contributed by atoms with E-state index in [0.717, 1.165) is 5.56 Å². The first-order valence-electron chi connectivity index (χ1n) is 9.67. The Balaban J connectivity index is 1.54. The molecule has 1 amide bonds. The molecular weight excluding hydrogens is 450 g/mol. The summed E-state index contributed by atoms with van der Waals surface area (Å²) in [6.07, 6.45) is 0. The summed E-state index contributed by atoms with van der Waals surface area (Å²) in [5.41, 5.74) is 1.81. The summed E-state index contributed by atoms with van der Waals surface area (Å²) >= 11 is 0.415. The van der Waals surface area contributed by atoms with Gasteiger partial charge in [0.1, 0.15) is 17.9 Å². The predicted molar refractivity (Wildman–Crippen MR) is 119 cm³/mol. The Morgan fingerprint density at radius 1 is 1.00 bits per heavy atom. The maximum atomic E-state index is 12.5. The van der Waals surface area contributed by atoms with Crippen molar-refractivity contribution in [1.82, 2.24) is 0 Å². The third-order valence-electron chi connectivity index (χ3n) is 4.28. The van der Waals surface area contributed by atoms with Gasteiger partial charge in [-0.2, -0.15) is 14.0 Å². The second kappa shape index (κ2) is 11.6. The topological polar surface area (TPSA) is 88.4 Å². The van der Waals surface area contributed by atoms with Crippen molar-refractivity contribution in [3.05, 3.63) is 89.5 Å². The molecule has 3 aromatic carbocycles.